The summed E-state index contributed by atoms with van der Waals surface area (Å²) in [6, 6.07) is 35.9. The molecule has 11 rings (SSSR count). The van der Waals surface area contributed by atoms with Crippen LogP contribution in [-0.2, 0) is 22.6 Å². The van der Waals surface area contributed by atoms with Crippen LogP contribution in [0, 0.1) is 5.92 Å². The number of benzene rings is 7. The van der Waals surface area contributed by atoms with Crippen LogP contribution in [0.3, 0.4) is 0 Å². The minimum Gasteiger partial charge on any atom is -0.457 e. The maximum atomic E-state index is 9.43. The summed E-state index contributed by atoms with van der Waals surface area (Å²) in [4.78, 5) is 4.92. The van der Waals surface area contributed by atoms with Crippen molar-refractivity contribution in [2.75, 3.05) is 0 Å². The fourth-order valence-corrected chi connectivity index (χ4v) is 9.51. The van der Waals surface area contributed by atoms with Gasteiger partial charge in [-0.25, -0.2) is 4.98 Å². The number of fused-ring (bicyclic) bond motifs is 7. The number of para-hydroxylation sites is 3. The smallest absolute Gasteiger partial charge is 0.457 e. The number of aromatic nitrogens is 3. The molecule has 7 aromatic carbocycles. The minimum atomic E-state index is -1.67. The van der Waals surface area contributed by atoms with Crippen molar-refractivity contribution < 1.29 is 18.4 Å². The minimum absolute atomic E-state index is 0.0100. The third-order valence-electron chi connectivity index (χ3n) is 13.2. The summed E-state index contributed by atoms with van der Waals surface area (Å²) in [5.41, 5.74) is 8.58. The molecule has 0 spiro atoms. The Hall–Kier alpha value is -7.53. The molecular weight excluding hydrogens is 855 g/mol. The number of pyridine rings is 1. The van der Waals surface area contributed by atoms with E-state index in [0.29, 0.717) is 28.6 Å². The van der Waals surface area contributed by atoms with Gasteiger partial charge in [0.25, 0.3) is 5.69 Å². The second kappa shape index (κ2) is 16.6. The Morgan fingerprint density at radius 2 is 1.23 bits per heavy atom. The Labute approximate surface area is 426 Å². The van der Waals surface area contributed by atoms with Gasteiger partial charge in [0.05, 0.1) is 39.1 Å². The van der Waals surface area contributed by atoms with Crippen molar-refractivity contribution in [2.45, 2.75) is 98.8 Å². The molecule has 0 N–H and O–H groups in total. The largest absolute Gasteiger partial charge is 0.503 e. The van der Waals surface area contributed by atoms with Crippen molar-refractivity contribution in [3.63, 3.8) is 0 Å². The summed E-state index contributed by atoms with van der Waals surface area (Å²) in [5, 5.41) is 1.57. The van der Waals surface area contributed by atoms with E-state index in [1.54, 1.807) is 12.3 Å². The molecular formula is C64H63N5O+2. The molecule has 0 bridgehead atoms. The predicted octanol–water partition coefficient (Wildman–Crippen LogP) is 17.0. The molecule has 0 amide bonds. The number of hydrogen-bond donors (Lipinski definition) is 0. The van der Waals surface area contributed by atoms with Crippen LogP contribution in [0.2, 0.25) is 0 Å². The van der Waals surface area contributed by atoms with Gasteiger partial charge in [-0.15, -0.1) is 0 Å². The zero-order chi connectivity index (χ0) is 57.6. The maximum absolute atomic E-state index is 9.43. The standard InChI is InChI=1S/C64H63N5O/c1-41(2)32-42-18-16-25-58-61(42)67(48-34-44(63(6,7)8)33-45(35-48)64(9,10)11)40-66(58)46-19-17-20-49(37-46)70-50-27-28-53-54-38-47(68-55-23-14-12-21-51(55)52-22-13-15-24-56(52)68)26-29-57(54)69(59(53)39-50)60-36-43(30-31-65-60)62(3,4)5/h12-31,33-39,41H,32H2,1-11H3/q+2/i12D,13D,14D,15D,21D,22D,23D,24D,32D2. The molecule has 6 nitrogen and oxygen atoms in total. The van der Waals surface area contributed by atoms with Crippen molar-refractivity contribution in [2.24, 2.45) is 5.92 Å². The molecule has 0 saturated heterocycles. The zero-order valence-electron chi connectivity index (χ0n) is 51.7. The van der Waals surface area contributed by atoms with Crippen molar-refractivity contribution in [1.82, 2.24) is 23.3 Å². The summed E-state index contributed by atoms with van der Waals surface area (Å²) >= 11 is 0. The maximum Gasteiger partial charge on any atom is 0.503 e. The van der Waals surface area contributed by atoms with Gasteiger partial charge in [0.1, 0.15) is 17.3 Å². The van der Waals surface area contributed by atoms with E-state index in [-0.39, 0.29) is 56.1 Å². The highest BCUT2D eigenvalue weighted by molar-refractivity contribution is 6.12. The second-order valence-electron chi connectivity index (χ2n) is 21.8. The third kappa shape index (κ3) is 7.91. The Bertz CT molecular complexity index is 4260. The Kier molecular flexibility index (Phi) is 8.22. The zero-order valence-corrected chi connectivity index (χ0v) is 41.7. The van der Waals surface area contributed by atoms with Crippen molar-refractivity contribution >= 4 is 72.4 Å². The van der Waals surface area contributed by atoms with E-state index in [1.807, 2.05) is 102 Å². The predicted molar refractivity (Wildman–Crippen MR) is 295 cm³/mol. The first-order valence-electron chi connectivity index (χ1n) is 29.0. The number of ether oxygens (including phenoxy) is 1. The van der Waals surface area contributed by atoms with E-state index >= 15 is 0 Å². The van der Waals surface area contributed by atoms with Crippen LogP contribution in [0.1, 0.15) is 112 Å². The molecule has 0 saturated carbocycles. The summed E-state index contributed by atoms with van der Waals surface area (Å²) in [5.74, 6) is 1.40. The lowest BCUT2D eigenvalue weighted by Gasteiger charge is -2.24. The highest BCUT2D eigenvalue weighted by Gasteiger charge is 2.40. The van der Waals surface area contributed by atoms with E-state index in [1.165, 1.54) is 4.57 Å². The van der Waals surface area contributed by atoms with Gasteiger partial charge < -0.3 is 9.30 Å². The lowest BCUT2D eigenvalue weighted by molar-refractivity contribution is 0.483. The van der Waals surface area contributed by atoms with Gasteiger partial charge in [-0.05, 0) is 115 Å². The van der Waals surface area contributed by atoms with E-state index in [2.05, 4.69) is 97.2 Å². The summed E-state index contributed by atoms with van der Waals surface area (Å²) in [6.07, 6.45) is 0.120. The topological polar surface area (TPSA) is 38.0 Å². The number of nitrogens with zero attached hydrogens (tertiary/aromatic N) is 5. The molecule has 0 fully saturated rings. The van der Waals surface area contributed by atoms with Crippen LogP contribution >= 0.6 is 0 Å². The Balaban J connectivity index is 1.10. The molecule has 0 atom stereocenters. The molecule has 0 aliphatic carbocycles. The van der Waals surface area contributed by atoms with Crippen LogP contribution in [0.25, 0.3) is 55.1 Å². The summed E-state index contributed by atoms with van der Waals surface area (Å²) in [6.45, 7) is 23.5. The average Bonchev–Trinajstić information content (AvgIpc) is 4.22. The van der Waals surface area contributed by atoms with Crippen LogP contribution in [0.4, 0.5) is 22.7 Å². The first kappa shape index (κ1) is 34.7. The fraction of sp³-hybridized carbons (Fsp3) is 0.250. The molecule has 0 radical (unpaired) electrons. The lowest BCUT2D eigenvalue weighted by atomic mass is 9.80. The van der Waals surface area contributed by atoms with Gasteiger partial charge in [-0.3, -0.25) is 4.57 Å². The fourth-order valence-electron chi connectivity index (χ4n) is 9.51. The molecule has 3 aromatic heterocycles. The third-order valence-corrected chi connectivity index (χ3v) is 13.2. The van der Waals surface area contributed by atoms with Crippen molar-refractivity contribution in [1.29, 1.82) is 0 Å². The van der Waals surface area contributed by atoms with Crippen LogP contribution < -0.4 is 13.9 Å². The van der Waals surface area contributed by atoms with Crippen LogP contribution in [0.5, 0.6) is 11.5 Å². The lowest BCUT2D eigenvalue weighted by Crippen LogP contribution is -2.17. The molecule has 10 aromatic rings. The average molecular weight is 928 g/mol. The molecule has 0 unspecified atom stereocenters. The van der Waals surface area contributed by atoms with Gasteiger partial charge >= 0.3 is 11.7 Å². The quantitative estimate of drug-likeness (QED) is 0.142. The van der Waals surface area contributed by atoms with Crippen molar-refractivity contribution in [3.8, 4) is 23.0 Å². The van der Waals surface area contributed by atoms with Crippen LogP contribution in [-0.4, -0.2) is 20.1 Å². The van der Waals surface area contributed by atoms with E-state index in [0.717, 1.165) is 61.2 Å². The Morgan fingerprint density at radius 1 is 0.571 bits per heavy atom. The molecule has 348 valence electrons. The Morgan fingerprint density at radius 3 is 1.90 bits per heavy atom. The van der Waals surface area contributed by atoms with E-state index < -0.39 is 42.6 Å². The first-order valence-corrected chi connectivity index (χ1v) is 24.0. The van der Waals surface area contributed by atoms with E-state index in [9.17, 15) is 2.74 Å². The number of rotatable bonds is 8. The molecule has 1 aliphatic rings. The summed E-state index contributed by atoms with van der Waals surface area (Å²) < 4.78 is 104. The molecule has 6 heteroatoms. The first-order chi connectivity index (χ1) is 37.5. The van der Waals surface area contributed by atoms with Gasteiger partial charge in [0, 0.05) is 72.1 Å². The molecule has 70 heavy (non-hydrogen) atoms. The molecule has 4 heterocycles. The van der Waals surface area contributed by atoms with Crippen molar-refractivity contribution in [3.05, 3.63) is 186 Å². The van der Waals surface area contributed by atoms with Crippen LogP contribution in [0.15, 0.2) is 164 Å². The van der Waals surface area contributed by atoms with E-state index in [4.69, 9.17) is 20.7 Å². The monoisotopic (exact) mass is 928 g/mol. The van der Waals surface area contributed by atoms with Gasteiger partial charge in [-0.2, -0.15) is 0 Å². The second-order valence-corrected chi connectivity index (χ2v) is 21.8. The van der Waals surface area contributed by atoms with Gasteiger partial charge in [0.15, 0.2) is 0 Å². The normalized spacial score (nSPS) is 15.4. The van der Waals surface area contributed by atoms with Gasteiger partial charge in [0.2, 0.25) is 11.4 Å². The highest BCUT2D eigenvalue weighted by Crippen LogP contribution is 2.44. The molecule has 1 aliphatic heterocycles. The summed E-state index contributed by atoms with van der Waals surface area (Å²) in [7, 11) is 0. The number of hydrogen-bond acceptors (Lipinski definition) is 2. The van der Waals surface area contributed by atoms with Gasteiger partial charge in [-0.1, -0.05) is 137 Å². The highest BCUT2D eigenvalue weighted by atomic mass is 16.5. The SMILES string of the molecule is [2H]c1c([2H])c([2H])c2c(c1[2H])c1c([2H])c([2H])c([2H])c([2H])c1n2-c1ccc2c(c1)c1ccc(Oc3cccc([N+]4=C=[N+](c5cc(C(C)(C)C)cc(C(C)(C)C)c5)c5c4cccc5C([2H])([2H])C(C)C)c3)cc1n2-c1cc(C(C)(C)C)ccn1.